The number of ether oxygens (including phenoxy) is 1. The zero-order chi connectivity index (χ0) is 21.0. The molecule has 2 rings (SSSR count). The maximum Gasteiger partial charge on any atom is 0.340 e. The molecule has 0 aliphatic rings. The summed E-state index contributed by atoms with van der Waals surface area (Å²) in [5.74, 6) is -1.28. The zero-order valence-electron chi connectivity index (χ0n) is 16.0. The number of aryl methyl sites for hydroxylation is 1. The Morgan fingerprint density at radius 1 is 1.32 bits per heavy atom. The van der Waals surface area contributed by atoms with E-state index in [0.29, 0.717) is 5.56 Å². The van der Waals surface area contributed by atoms with Crippen LogP contribution in [-0.4, -0.2) is 28.0 Å². The fraction of sp³-hybridized carbons (Fsp3) is 0.316. The molecule has 9 nitrogen and oxygen atoms in total. The Bertz CT molecular complexity index is 985. The summed E-state index contributed by atoms with van der Waals surface area (Å²) in [6.07, 6.45) is 0. The third kappa shape index (κ3) is 4.35. The number of non-ortho nitro benzene ring substituents is 1. The molecule has 0 saturated heterocycles. The van der Waals surface area contributed by atoms with E-state index >= 15 is 0 Å². The monoisotopic (exact) mass is 384 g/mol. The number of nitriles is 1. The van der Waals surface area contributed by atoms with Crippen LogP contribution in [0.15, 0.2) is 24.3 Å². The highest BCUT2D eigenvalue weighted by molar-refractivity contribution is 5.96. The number of carbonyl (C=O) groups is 2. The van der Waals surface area contributed by atoms with Gasteiger partial charge < -0.3 is 14.6 Å². The van der Waals surface area contributed by atoms with Crippen LogP contribution in [0.3, 0.4) is 0 Å². The van der Waals surface area contributed by atoms with E-state index in [1.54, 1.807) is 19.1 Å². The van der Waals surface area contributed by atoms with Crippen LogP contribution in [-0.2, 0) is 9.53 Å². The van der Waals surface area contributed by atoms with E-state index in [1.165, 1.54) is 12.1 Å². The van der Waals surface area contributed by atoms with E-state index in [1.807, 2.05) is 25.3 Å². The van der Waals surface area contributed by atoms with E-state index in [4.69, 9.17) is 10.00 Å². The molecule has 0 aliphatic heterocycles. The number of anilines is 1. The number of nitrogens with zero attached hydrogens (tertiary/aromatic N) is 3. The molecule has 1 aromatic heterocycles. The Morgan fingerprint density at radius 2 is 2.00 bits per heavy atom. The van der Waals surface area contributed by atoms with Gasteiger partial charge in [-0.25, -0.2) is 4.79 Å². The highest BCUT2D eigenvalue weighted by Crippen LogP contribution is 2.22. The quantitative estimate of drug-likeness (QED) is 0.462. The molecular formula is C19H20N4O5. The fourth-order valence-electron chi connectivity index (χ4n) is 3.02. The van der Waals surface area contributed by atoms with Gasteiger partial charge in [-0.05, 0) is 39.8 Å². The lowest BCUT2D eigenvalue weighted by atomic mass is 10.1. The molecule has 9 heteroatoms. The smallest absolute Gasteiger partial charge is 0.340 e. The third-order valence-corrected chi connectivity index (χ3v) is 4.16. The van der Waals surface area contributed by atoms with Crippen LogP contribution in [0.25, 0.3) is 0 Å². The molecule has 0 spiro atoms. The van der Waals surface area contributed by atoms with Crippen molar-refractivity contribution in [2.24, 2.45) is 0 Å². The lowest BCUT2D eigenvalue weighted by molar-refractivity contribution is -0.384. The van der Waals surface area contributed by atoms with Crippen LogP contribution in [0.2, 0.25) is 0 Å². The first-order valence-electron chi connectivity index (χ1n) is 8.49. The SMILES string of the molecule is Cc1cc(C(=O)OCC(=O)Nc2ccc([N+](=O)[O-])cc2C#N)c(C)n1C(C)C. The molecule has 0 saturated carbocycles. The molecule has 2 aromatic rings. The number of nitro benzene ring substituents is 1. The summed E-state index contributed by atoms with van der Waals surface area (Å²) in [5.41, 5.74) is 1.82. The van der Waals surface area contributed by atoms with Crippen molar-refractivity contribution in [3.63, 3.8) is 0 Å². The molecule has 0 aliphatic carbocycles. The Labute approximate surface area is 161 Å². The second kappa shape index (κ2) is 8.35. The predicted molar refractivity (Wildman–Crippen MR) is 101 cm³/mol. The average Bonchev–Trinajstić information content (AvgIpc) is 2.94. The summed E-state index contributed by atoms with van der Waals surface area (Å²) < 4.78 is 7.06. The standard InChI is InChI=1S/C19H20N4O5/c1-11(2)22-12(3)7-16(13(22)4)19(25)28-10-18(24)21-17-6-5-15(23(26)27)8-14(17)9-20/h5-8,11H,10H2,1-4H3,(H,21,24). The number of carbonyl (C=O) groups excluding carboxylic acids is 2. The molecular weight excluding hydrogens is 364 g/mol. The molecule has 1 aromatic carbocycles. The van der Waals surface area contributed by atoms with E-state index in [-0.39, 0.29) is 23.0 Å². The van der Waals surface area contributed by atoms with Crippen molar-refractivity contribution in [3.05, 3.63) is 56.9 Å². The second-order valence-electron chi connectivity index (χ2n) is 6.47. The molecule has 0 unspecified atom stereocenters. The van der Waals surface area contributed by atoms with E-state index in [0.717, 1.165) is 17.5 Å². The van der Waals surface area contributed by atoms with E-state index in [2.05, 4.69) is 5.32 Å². The predicted octanol–water partition coefficient (Wildman–Crippen LogP) is 3.26. The molecule has 1 heterocycles. The second-order valence-corrected chi connectivity index (χ2v) is 6.47. The van der Waals surface area contributed by atoms with Crippen LogP contribution in [0.4, 0.5) is 11.4 Å². The first-order valence-corrected chi connectivity index (χ1v) is 8.49. The number of aromatic nitrogens is 1. The van der Waals surface area contributed by atoms with Gasteiger partial charge in [0.15, 0.2) is 6.61 Å². The van der Waals surface area contributed by atoms with Gasteiger partial charge in [0.05, 0.1) is 21.7 Å². The Morgan fingerprint density at radius 3 is 2.54 bits per heavy atom. The molecule has 1 amide bonds. The van der Waals surface area contributed by atoms with Gasteiger partial charge in [-0.3, -0.25) is 14.9 Å². The van der Waals surface area contributed by atoms with Gasteiger partial charge >= 0.3 is 5.97 Å². The summed E-state index contributed by atoms with van der Waals surface area (Å²) in [4.78, 5) is 34.5. The van der Waals surface area contributed by atoms with Crippen LogP contribution < -0.4 is 5.32 Å². The number of benzene rings is 1. The highest BCUT2D eigenvalue weighted by atomic mass is 16.6. The van der Waals surface area contributed by atoms with Crippen molar-refractivity contribution in [2.75, 3.05) is 11.9 Å². The van der Waals surface area contributed by atoms with Gasteiger partial charge in [0.2, 0.25) is 0 Å². The molecule has 0 bridgehead atoms. The van der Waals surface area contributed by atoms with Crippen LogP contribution >= 0.6 is 0 Å². The molecule has 146 valence electrons. The third-order valence-electron chi connectivity index (χ3n) is 4.16. The van der Waals surface area contributed by atoms with Gasteiger partial charge in [0.25, 0.3) is 11.6 Å². The van der Waals surface area contributed by atoms with Crippen molar-refractivity contribution in [3.8, 4) is 6.07 Å². The number of nitrogens with one attached hydrogen (secondary N) is 1. The minimum Gasteiger partial charge on any atom is -0.452 e. The Balaban J connectivity index is 2.05. The lowest BCUT2D eigenvalue weighted by Gasteiger charge is -2.13. The average molecular weight is 384 g/mol. The number of rotatable bonds is 6. The number of nitro groups is 1. The number of esters is 1. The number of hydrogen-bond acceptors (Lipinski definition) is 6. The Kier molecular flexibility index (Phi) is 6.15. The number of hydrogen-bond donors (Lipinski definition) is 1. The van der Waals surface area contributed by atoms with Crippen molar-refractivity contribution in [2.45, 2.75) is 33.7 Å². The van der Waals surface area contributed by atoms with Crippen molar-refractivity contribution in [1.29, 1.82) is 5.26 Å². The van der Waals surface area contributed by atoms with Crippen molar-refractivity contribution >= 4 is 23.3 Å². The van der Waals surface area contributed by atoms with Crippen LogP contribution in [0.1, 0.15) is 47.2 Å². The highest BCUT2D eigenvalue weighted by Gasteiger charge is 2.20. The minimum atomic E-state index is -0.656. The van der Waals surface area contributed by atoms with Crippen molar-refractivity contribution in [1.82, 2.24) is 4.57 Å². The lowest BCUT2D eigenvalue weighted by Crippen LogP contribution is -2.21. The van der Waals surface area contributed by atoms with E-state index < -0.39 is 23.4 Å². The van der Waals surface area contributed by atoms with Gasteiger partial charge in [0, 0.05) is 29.6 Å². The first-order chi connectivity index (χ1) is 13.1. The van der Waals surface area contributed by atoms with Gasteiger partial charge in [0.1, 0.15) is 6.07 Å². The fourth-order valence-corrected chi connectivity index (χ4v) is 3.02. The van der Waals surface area contributed by atoms with E-state index in [9.17, 15) is 19.7 Å². The largest absolute Gasteiger partial charge is 0.452 e. The van der Waals surface area contributed by atoms with Gasteiger partial charge in [-0.1, -0.05) is 0 Å². The molecule has 28 heavy (non-hydrogen) atoms. The van der Waals surface area contributed by atoms with Gasteiger partial charge in [-0.15, -0.1) is 0 Å². The van der Waals surface area contributed by atoms with Crippen molar-refractivity contribution < 1.29 is 19.2 Å². The summed E-state index contributed by atoms with van der Waals surface area (Å²) in [6.45, 7) is 7.14. The normalized spacial score (nSPS) is 10.4. The Hall–Kier alpha value is -3.67. The summed E-state index contributed by atoms with van der Waals surface area (Å²) in [6, 6.07) is 7.15. The molecule has 1 N–H and O–H groups in total. The maximum absolute atomic E-state index is 12.3. The summed E-state index contributed by atoms with van der Waals surface area (Å²) in [5, 5.41) is 22.3. The minimum absolute atomic E-state index is 0.0608. The summed E-state index contributed by atoms with van der Waals surface area (Å²) in [7, 11) is 0. The molecule has 0 fully saturated rings. The zero-order valence-corrected chi connectivity index (χ0v) is 16.0. The topological polar surface area (TPSA) is 127 Å². The number of amides is 1. The first kappa shape index (κ1) is 20.6. The molecule has 0 radical (unpaired) electrons. The van der Waals surface area contributed by atoms with Gasteiger partial charge in [-0.2, -0.15) is 5.26 Å². The van der Waals surface area contributed by atoms with Crippen LogP contribution in [0.5, 0.6) is 0 Å². The maximum atomic E-state index is 12.3. The summed E-state index contributed by atoms with van der Waals surface area (Å²) >= 11 is 0. The molecule has 0 atom stereocenters. The van der Waals surface area contributed by atoms with Crippen LogP contribution in [0, 0.1) is 35.3 Å².